The van der Waals surface area contributed by atoms with Gasteiger partial charge in [-0.1, -0.05) is 38.1 Å². The van der Waals surface area contributed by atoms with Gasteiger partial charge in [-0.15, -0.1) is 0 Å². The number of amides is 1. The van der Waals surface area contributed by atoms with E-state index < -0.39 is 5.60 Å². The minimum atomic E-state index is -1.12. The average Bonchev–Trinajstić information content (AvgIpc) is 3.05. The summed E-state index contributed by atoms with van der Waals surface area (Å²) in [6, 6.07) is 8.20. The van der Waals surface area contributed by atoms with Crippen molar-refractivity contribution in [3.05, 3.63) is 35.4 Å². The molecule has 2 aliphatic carbocycles. The summed E-state index contributed by atoms with van der Waals surface area (Å²) in [7, 11) is 0. The molecule has 2 aliphatic rings. The molecule has 1 aromatic rings. The Kier molecular flexibility index (Phi) is 3.78. The summed E-state index contributed by atoms with van der Waals surface area (Å²) >= 11 is 0. The molecule has 2 N–H and O–H groups in total. The molecule has 3 heteroatoms. The van der Waals surface area contributed by atoms with E-state index in [1.807, 2.05) is 12.1 Å². The number of rotatable bonds is 4. The van der Waals surface area contributed by atoms with Crippen LogP contribution >= 0.6 is 0 Å². The van der Waals surface area contributed by atoms with Gasteiger partial charge in [-0.05, 0) is 54.6 Å². The van der Waals surface area contributed by atoms with Crippen molar-refractivity contribution in [1.29, 1.82) is 0 Å². The maximum Gasteiger partial charge on any atom is 0.252 e. The summed E-state index contributed by atoms with van der Waals surface area (Å²) in [6.07, 6.45) is 3.84. The topological polar surface area (TPSA) is 49.3 Å². The van der Waals surface area contributed by atoms with Crippen molar-refractivity contribution in [2.45, 2.75) is 57.6 Å². The van der Waals surface area contributed by atoms with E-state index in [1.165, 1.54) is 12.0 Å². The second-order valence-electron chi connectivity index (χ2n) is 7.04. The van der Waals surface area contributed by atoms with Gasteiger partial charge < -0.3 is 10.4 Å². The number of aliphatic hydroxyl groups is 1. The molecule has 2 saturated carbocycles. The van der Waals surface area contributed by atoms with Gasteiger partial charge in [0.1, 0.15) is 5.60 Å². The predicted molar refractivity (Wildman–Crippen MR) is 82.8 cm³/mol. The van der Waals surface area contributed by atoms with Crippen LogP contribution in [0.25, 0.3) is 0 Å². The summed E-state index contributed by atoms with van der Waals surface area (Å²) in [5, 5.41) is 13.7. The smallest absolute Gasteiger partial charge is 0.252 e. The van der Waals surface area contributed by atoms with Crippen molar-refractivity contribution in [2.24, 2.45) is 11.8 Å². The quantitative estimate of drug-likeness (QED) is 0.894. The van der Waals surface area contributed by atoms with E-state index in [9.17, 15) is 9.90 Å². The van der Waals surface area contributed by atoms with Gasteiger partial charge in [0.25, 0.3) is 5.91 Å². The Hall–Kier alpha value is -1.35. The van der Waals surface area contributed by atoms with Gasteiger partial charge in [0, 0.05) is 6.54 Å². The maximum atomic E-state index is 12.5. The van der Waals surface area contributed by atoms with Gasteiger partial charge in [-0.25, -0.2) is 0 Å². The molecule has 0 aliphatic heterocycles. The van der Waals surface area contributed by atoms with Crippen molar-refractivity contribution in [1.82, 2.24) is 5.32 Å². The molecule has 1 amide bonds. The van der Waals surface area contributed by atoms with Crippen LogP contribution < -0.4 is 5.32 Å². The number of nitrogens with one attached hydrogen (secondary N) is 1. The molecule has 0 saturated heterocycles. The van der Waals surface area contributed by atoms with E-state index in [1.54, 1.807) is 0 Å². The number of carbonyl (C=O) groups excluding carboxylic acids is 1. The minimum Gasteiger partial charge on any atom is -0.380 e. The molecule has 2 fully saturated rings. The van der Waals surface area contributed by atoms with Crippen LogP contribution in [-0.2, 0) is 11.3 Å². The maximum absolute atomic E-state index is 12.5. The van der Waals surface area contributed by atoms with E-state index >= 15 is 0 Å². The van der Waals surface area contributed by atoms with Gasteiger partial charge in [0.05, 0.1) is 0 Å². The zero-order valence-corrected chi connectivity index (χ0v) is 12.9. The molecule has 2 bridgehead atoms. The summed E-state index contributed by atoms with van der Waals surface area (Å²) in [6.45, 7) is 4.82. The molecule has 3 atom stereocenters. The fourth-order valence-electron chi connectivity index (χ4n) is 4.17. The van der Waals surface area contributed by atoms with E-state index in [-0.39, 0.29) is 11.8 Å². The average molecular weight is 287 g/mol. The van der Waals surface area contributed by atoms with Crippen molar-refractivity contribution >= 4 is 5.91 Å². The number of carbonyl (C=O) groups is 1. The molecule has 0 aromatic heterocycles. The van der Waals surface area contributed by atoms with Crippen LogP contribution in [0.5, 0.6) is 0 Å². The third-order valence-electron chi connectivity index (χ3n) is 5.33. The van der Waals surface area contributed by atoms with Gasteiger partial charge >= 0.3 is 0 Å². The summed E-state index contributed by atoms with van der Waals surface area (Å²) in [4.78, 5) is 12.5. The molecule has 1 aromatic carbocycles. The van der Waals surface area contributed by atoms with Crippen LogP contribution in [0, 0.1) is 11.8 Å². The van der Waals surface area contributed by atoms with Crippen molar-refractivity contribution in [3.8, 4) is 0 Å². The van der Waals surface area contributed by atoms with E-state index in [0.29, 0.717) is 24.8 Å². The van der Waals surface area contributed by atoms with Gasteiger partial charge in [-0.3, -0.25) is 4.79 Å². The van der Waals surface area contributed by atoms with E-state index in [0.717, 1.165) is 18.4 Å². The number of fused-ring (bicyclic) bond motifs is 2. The standard InChI is InChI=1S/C18H25NO2/c1-12(2)16-6-4-3-5-14(16)11-19-17(20)18(21)10-13-7-8-15(18)9-13/h3-6,12-13,15,21H,7-11H2,1-2H3,(H,19,20). The van der Waals surface area contributed by atoms with Crippen molar-refractivity contribution < 1.29 is 9.90 Å². The second-order valence-corrected chi connectivity index (χ2v) is 7.04. The molecule has 3 rings (SSSR count). The molecule has 21 heavy (non-hydrogen) atoms. The van der Waals surface area contributed by atoms with E-state index in [2.05, 4.69) is 31.3 Å². The largest absolute Gasteiger partial charge is 0.380 e. The molecular formula is C18H25NO2. The van der Waals surface area contributed by atoms with Crippen LogP contribution in [0.2, 0.25) is 0 Å². The molecule has 3 nitrogen and oxygen atoms in total. The normalized spacial score (nSPS) is 30.9. The SMILES string of the molecule is CC(C)c1ccccc1CNC(=O)C1(O)CC2CCC1C2. The Bertz CT molecular complexity index is 540. The van der Waals surface area contributed by atoms with Crippen LogP contribution in [-0.4, -0.2) is 16.6 Å². The second kappa shape index (κ2) is 5.45. The first-order chi connectivity index (χ1) is 10.0. The van der Waals surface area contributed by atoms with Crippen LogP contribution in [0.3, 0.4) is 0 Å². The lowest BCUT2D eigenvalue weighted by Crippen LogP contribution is -2.50. The zero-order chi connectivity index (χ0) is 15.0. The van der Waals surface area contributed by atoms with E-state index in [4.69, 9.17) is 0 Å². The first-order valence-electron chi connectivity index (χ1n) is 8.09. The minimum absolute atomic E-state index is 0.169. The van der Waals surface area contributed by atoms with Gasteiger partial charge in [0.15, 0.2) is 0 Å². The lowest BCUT2D eigenvalue weighted by Gasteiger charge is -2.31. The summed E-state index contributed by atoms with van der Waals surface area (Å²) in [5.74, 6) is 0.980. The lowest BCUT2D eigenvalue weighted by molar-refractivity contribution is -0.145. The fraction of sp³-hybridized carbons (Fsp3) is 0.611. The highest BCUT2D eigenvalue weighted by Crippen LogP contribution is 2.50. The Morgan fingerprint density at radius 1 is 1.38 bits per heavy atom. The zero-order valence-electron chi connectivity index (χ0n) is 12.9. The number of benzene rings is 1. The molecular weight excluding hydrogens is 262 g/mol. The lowest BCUT2D eigenvalue weighted by atomic mass is 9.83. The predicted octanol–water partition coefficient (Wildman–Crippen LogP) is 2.98. The summed E-state index contributed by atoms with van der Waals surface area (Å²) < 4.78 is 0. The third-order valence-corrected chi connectivity index (χ3v) is 5.33. The molecule has 3 unspecified atom stereocenters. The van der Waals surface area contributed by atoms with Crippen LogP contribution in [0.4, 0.5) is 0 Å². The van der Waals surface area contributed by atoms with Crippen molar-refractivity contribution in [3.63, 3.8) is 0 Å². The monoisotopic (exact) mass is 287 g/mol. The highest BCUT2D eigenvalue weighted by molar-refractivity contribution is 5.85. The molecule has 0 radical (unpaired) electrons. The van der Waals surface area contributed by atoms with Crippen LogP contribution in [0.1, 0.15) is 56.6 Å². The van der Waals surface area contributed by atoms with Gasteiger partial charge in [0.2, 0.25) is 0 Å². The number of hydrogen-bond donors (Lipinski definition) is 2. The molecule has 0 spiro atoms. The Labute approximate surface area is 126 Å². The molecule has 0 heterocycles. The Morgan fingerprint density at radius 3 is 2.76 bits per heavy atom. The first-order valence-corrected chi connectivity index (χ1v) is 8.09. The molecule has 114 valence electrons. The first kappa shape index (κ1) is 14.6. The Morgan fingerprint density at radius 2 is 2.14 bits per heavy atom. The number of hydrogen-bond acceptors (Lipinski definition) is 2. The highest BCUT2D eigenvalue weighted by atomic mass is 16.3. The van der Waals surface area contributed by atoms with Crippen molar-refractivity contribution in [2.75, 3.05) is 0 Å². The highest BCUT2D eigenvalue weighted by Gasteiger charge is 2.54. The summed E-state index contributed by atoms with van der Waals surface area (Å²) in [5.41, 5.74) is 1.29. The Balaban J connectivity index is 1.67. The fourth-order valence-corrected chi connectivity index (χ4v) is 4.17. The van der Waals surface area contributed by atoms with Crippen LogP contribution in [0.15, 0.2) is 24.3 Å². The van der Waals surface area contributed by atoms with Gasteiger partial charge in [-0.2, -0.15) is 0 Å². The third kappa shape index (κ3) is 2.59.